The molecule has 0 aliphatic rings. The fraction of sp³-hybridized carbons (Fsp3) is 0.133. The molecule has 0 aliphatic carbocycles. The smallest absolute Gasteiger partial charge is 0.303 e. The van der Waals surface area contributed by atoms with Gasteiger partial charge in [-0.2, -0.15) is 5.10 Å². The molecule has 184 valence electrons. The maximum Gasteiger partial charge on any atom is 0.303 e. The number of hydrogen-bond donors (Lipinski definition) is 2. The van der Waals surface area contributed by atoms with Gasteiger partial charge in [0.25, 0.3) is 5.56 Å². The van der Waals surface area contributed by atoms with Gasteiger partial charge in [-0.15, -0.1) is 0 Å². The van der Waals surface area contributed by atoms with Gasteiger partial charge in [-0.3, -0.25) is 14.6 Å². The lowest BCUT2D eigenvalue weighted by Gasteiger charge is -2.13. The summed E-state index contributed by atoms with van der Waals surface area (Å²) in [5, 5.41) is 17.8. The number of pyridine rings is 1. The Kier molecular flexibility index (Phi) is 6.76. The van der Waals surface area contributed by atoms with Crippen molar-refractivity contribution in [3.63, 3.8) is 0 Å². The Hall–Kier alpha value is -4.78. The Labute approximate surface area is 214 Å². The van der Waals surface area contributed by atoms with Crippen LogP contribution in [0.25, 0.3) is 33.3 Å². The minimum absolute atomic E-state index is 0.110. The molecule has 0 bridgehead atoms. The number of aliphatic carboxylic acids is 1. The van der Waals surface area contributed by atoms with Crippen molar-refractivity contribution in [2.45, 2.75) is 26.3 Å². The molecule has 0 spiro atoms. The number of carboxylic acids is 1. The second kappa shape index (κ2) is 10.5. The highest BCUT2D eigenvalue weighted by Crippen LogP contribution is 2.28. The lowest BCUT2D eigenvalue weighted by atomic mass is 9.99. The van der Waals surface area contributed by atoms with Gasteiger partial charge >= 0.3 is 5.97 Å². The molecule has 0 fully saturated rings. The molecule has 0 radical (unpaired) electrons. The van der Waals surface area contributed by atoms with Crippen LogP contribution in [0.4, 0.5) is 11.4 Å². The Balaban J connectivity index is 1.49. The maximum absolute atomic E-state index is 13.1. The monoisotopic (exact) mass is 490 g/mol. The predicted octanol–water partition coefficient (Wildman–Crippen LogP) is 5.91. The molecule has 0 atom stereocenters. The van der Waals surface area contributed by atoms with Gasteiger partial charge in [0.1, 0.15) is 5.69 Å². The highest BCUT2D eigenvalue weighted by molar-refractivity contribution is 5.93. The SMILES string of the molecule is CCn1nc(-c2cccc(-c3ccc(CCC(=O)O)cc3)c2)cc(Nc2cccc3ncccc23)c1=O. The Morgan fingerprint density at radius 2 is 1.68 bits per heavy atom. The molecular formula is C30H26N4O3. The number of fused-ring (bicyclic) bond motifs is 1. The highest BCUT2D eigenvalue weighted by atomic mass is 16.4. The van der Waals surface area contributed by atoms with Crippen molar-refractivity contribution in [2.24, 2.45) is 0 Å². The van der Waals surface area contributed by atoms with Crippen LogP contribution in [0.3, 0.4) is 0 Å². The minimum atomic E-state index is -0.802. The van der Waals surface area contributed by atoms with Crippen LogP contribution in [-0.4, -0.2) is 25.8 Å². The third-order valence-corrected chi connectivity index (χ3v) is 6.26. The molecule has 5 rings (SSSR count). The van der Waals surface area contributed by atoms with Gasteiger partial charge in [-0.05, 0) is 66.4 Å². The van der Waals surface area contributed by atoms with Crippen molar-refractivity contribution in [3.8, 4) is 22.4 Å². The fourth-order valence-electron chi connectivity index (χ4n) is 4.32. The molecule has 7 nitrogen and oxygen atoms in total. The third kappa shape index (κ3) is 5.26. The zero-order chi connectivity index (χ0) is 25.8. The Morgan fingerprint density at radius 3 is 2.46 bits per heavy atom. The van der Waals surface area contributed by atoms with Gasteiger partial charge in [-0.25, -0.2) is 4.68 Å². The zero-order valence-corrected chi connectivity index (χ0v) is 20.4. The van der Waals surface area contributed by atoms with Crippen LogP contribution < -0.4 is 10.9 Å². The summed E-state index contributed by atoms with van der Waals surface area (Å²) in [6.45, 7) is 2.34. The molecule has 7 heteroatoms. The van der Waals surface area contributed by atoms with Crippen molar-refractivity contribution in [3.05, 3.63) is 107 Å². The van der Waals surface area contributed by atoms with E-state index in [0.717, 1.165) is 38.8 Å². The number of benzene rings is 3. The van der Waals surface area contributed by atoms with Crippen LogP contribution in [0.15, 0.2) is 95.9 Å². The van der Waals surface area contributed by atoms with Crippen molar-refractivity contribution < 1.29 is 9.90 Å². The summed E-state index contributed by atoms with van der Waals surface area (Å²) in [4.78, 5) is 28.4. The number of carbonyl (C=O) groups is 1. The normalized spacial score (nSPS) is 10.9. The molecule has 5 aromatic rings. The summed E-state index contributed by atoms with van der Waals surface area (Å²) in [5.41, 5.74) is 6.48. The molecule has 0 amide bonds. The van der Waals surface area contributed by atoms with E-state index in [1.807, 2.05) is 85.8 Å². The van der Waals surface area contributed by atoms with Crippen LogP contribution in [0.5, 0.6) is 0 Å². The van der Waals surface area contributed by atoms with Crippen LogP contribution in [0, 0.1) is 0 Å². The first-order chi connectivity index (χ1) is 18.0. The zero-order valence-electron chi connectivity index (χ0n) is 20.4. The van der Waals surface area contributed by atoms with Crippen LogP contribution in [0.2, 0.25) is 0 Å². The topological polar surface area (TPSA) is 97.1 Å². The van der Waals surface area contributed by atoms with Crippen molar-refractivity contribution in [1.29, 1.82) is 0 Å². The summed E-state index contributed by atoms with van der Waals surface area (Å²) in [6, 6.07) is 27.3. The van der Waals surface area contributed by atoms with Gasteiger partial charge in [0.05, 0.1) is 11.2 Å². The van der Waals surface area contributed by atoms with Gasteiger partial charge in [0.2, 0.25) is 0 Å². The van der Waals surface area contributed by atoms with E-state index in [-0.39, 0.29) is 12.0 Å². The molecule has 37 heavy (non-hydrogen) atoms. The van der Waals surface area contributed by atoms with E-state index in [1.54, 1.807) is 12.3 Å². The number of nitrogens with one attached hydrogen (secondary N) is 1. The van der Waals surface area contributed by atoms with Crippen molar-refractivity contribution in [1.82, 2.24) is 14.8 Å². The number of nitrogens with zero attached hydrogens (tertiary/aromatic N) is 3. The van der Waals surface area contributed by atoms with Gasteiger partial charge < -0.3 is 10.4 Å². The second-order valence-electron chi connectivity index (χ2n) is 8.74. The van der Waals surface area contributed by atoms with Crippen LogP contribution in [0.1, 0.15) is 18.9 Å². The number of carboxylic acid groups (broad SMARTS) is 1. The van der Waals surface area contributed by atoms with E-state index in [2.05, 4.69) is 15.4 Å². The van der Waals surface area contributed by atoms with E-state index >= 15 is 0 Å². The van der Waals surface area contributed by atoms with Crippen LogP contribution >= 0.6 is 0 Å². The van der Waals surface area contributed by atoms with Gasteiger partial charge in [0, 0.05) is 35.8 Å². The summed E-state index contributed by atoms with van der Waals surface area (Å²) in [5.74, 6) is -0.802. The van der Waals surface area contributed by atoms with E-state index in [9.17, 15) is 9.59 Å². The summed E-state index contributed by atoms with van der Waals surface area (Å²) >= 11 is 0. The third-order valence-electron chi connectivity index (χ3n) is 6.26. The summed E-state index contributed by atoms with van der Waals surface area (Å²) < 4.78 is 1.46. The first-order valence-corrected chi connectivity index (χ1v) is 12.2. The number of rotatable bonds is 8. The van der Waals surface area contributed by atoms with Crippen LogP contribution in [-0.2, 0) is 17.8 Å². The summed E-state index contributed by atoms with van der Waals surface area (Å²) in [7, 11) is 0. The number of hydrogen-bond acceptors (Lipinski definition) is 5. The molecule has 2 heterocycles. The molecule has 3 aromatic carbocycles. The quantitative estimate of drug-likeness (QED) is 0.281. The summed E-state index contributed by atoms with van der Waals surface area (Å²) in [6.07, 6.45) is 2.36. The highest BCUT2D eigenvalue weighted by Gasteiger charge is 2.12. The molecule has 0 saturated carbocycles. The maximum atomic E-state index is 13.1. The number of aromatic nitrogens is 3. The number of aryl methyl sites for hydroxylation is 2. The second-order valence-corrected chi connectivity index (χ2v) is 8.74. The molecule has 0 aliphatic heterocycles. The van der Waals surface area contributed by atoms with E-state index in [1.165, 1.54) is 4.68 Å². The molecule has 2 N–H and O–H groups in total. The molecular weight excluding hydrogens is 464 g/mol. The first kappa shape index (κ1) is 23.9. The average Bonchev–Trinajstić information content (AvgIpc) is 2.93. The van der Waals surface area contributed by atoms with Gasteiger partial charge in [-0.1, -0.05) is 48.5 Å². The standard InChI is InChI=1S/C30H26N4O3/c1-2-34-30(37)28(32-26-10-4-9-25-24(26)8-5-17-31-25)19-27(33-34)23-7-3-6-22(18-23)21-14-11-20(12-15-21)13-16-29(35)36/h3-12,14-15,17-19,32H,2,13,16H2,1H3,(H,35,36). The van der Waals surface area contributed by atoms with Crippen molar-refractivity contribution in [2.75, 3.05) is 5.32 Å². The predicted molar refractivity (Wildman–Crippen MR) is 146 cm³/mol. The largest absolute Gasteiger partial charge is 0.481 e. The average molecular weight is 491 g/mol. The van der Waals surface area contributed by atoms with E-state index < -0.39 is 5.97 Å². The van der Waals surface area contributed by atoms with Gasteiger partial charge in [0.15, 0.2) is 0 Å². The van der Waals surface area contributed by atoms with E-state index in [0.29, 0.717) is 24.3 Å². The van der Waals surface area contributed by atoms with E-state index in [4.69, 9.17) is 5.11 Å². The molecule has 2 aromatic heterocycles. The minimum Gasteiger partial charge on any atom is -0.481 e. The first-order valence-electron chi connectivity index (χ1n) is 12.2. The molecule has 0 unspecified atom stereocenters. The Morgan fingerprint density at radius 1 is 0.892 bits per heavy atom. The van der Waals surface area contributed by atoms with Crippen molar-refractivity contribution >= 4 is 28.2 Å². The number of anilines is 2. The Bertz CT molecular complexity index is 1640. The lowest BCUT2D eigenvalue weighted by molar-refractivity contribution is -0.136. The molecule has 0 saturated heterocycles. The lowest BCUT2D eigenvalue weighted by Crippen LogP contribution is -2.24. The fourth-order valence-corrected chi connectivity index (χ4v) is 4.32.